The first kappa shape index (κ1) is 18.9. The van der Waals surface area contributed by atoms with E-state index in [0.717, 1.165) is 33.9 Å². The monoisotopic (exact) mass is 409 g/mol. The normalized spacial score (nSPS) is 12.2. The molecule has 5 rings (SSSR count). The molecule has 0 aliphatic heterocycles. The van der Waals surface area contributed by atoms with Crippen molar-refractivity contribution in [3.8, 4) is 23.2 Å². The minimum absolute atomic E-state index is 0.528. The van der Waals surface area contributed by atoms with E-state index < -0.39 is 6.10 Å². The summed E-state index contributed by atoms with van der Waals surface area (Å²) < 4.78 is 9.28. The van der Waals surface area contributed by atoms with Crippen LogP contribution in [0.15, 0.2) is 71.3 Å². The molecule has 5 aromatic rings. The smallest absolute Gasteiger partial charge is 0.152 e. The van der Waals surface area contributed by atoms with E-state index in [-0.39, 0.29) is 0 Å². The van der Waals surface area contributed by atoms with Crippen molar-refractivity contribution in [1.82, 2.24) is 19.3 Å². The Morgan fingerprint density at radius 2 is 1.90 bits per heavy atom. The van der Waals surface area contributed by atoms with Crippen LogP contribution < -0.4 is 0 Å². The molecule has 1 atom stereocenters. The van der Waals surface area contributed by atoms with Gasteiger partial charge in [-0.1, -0.05) is 12.1 Å². The number of hydrogen-bond donors (Lipinski definition) is 1. The number of aromatic nitrogens is 4. The van der Waals surface area contributed by atoms with Gasteiger partial charge in [-0.25, -0.2) is 9.67 Å². The first-order chi connectivity index (χ1) is 15.0. The van der Waals surface area contributed by atoms with Crippen LogP contribution in [0.3, 0.4) is 0 Å². The number of furan rings is 1. The maximum atomic E-state index is 10.9. The summed E-state index contributed by atoms with van der Waals surface area (Å²) in [4.78, 5) is 4.70. The molecule has 3 heterocycles. The van der Waals surface area contributed by atoms with Crippen molar-refractivity contribution in [2.45, 2.75) is 13.0 Å². The van der Waals surface area contributed by atoms with Gasteiger partial charge in [-0.3, -0.25) is 0 Å². The molecule has 0 radical (unpaired) electrons. The molecular formula is C24H19N5O2. The number of benzene rings is 2. The summed E-state index contributed by atoms with van der Waals surface area (Å²) in [5, 5.41) is 24.5. The molecule has 0 amide bonds. The minimum Gasteiger partial charge on any atom is -0.463 e. The largest absolute Gasteiger partial charge is 0.463 e. The van der Waals surface area contributed by atoms with Gasteiger partial charge in [0.15, 0.2) is 5.76 Å². The quantitative estimate of drug-likeness (QED) is 0.478. The fourth-order valence-electron chi connectivity index (χ4n) is 3.77. The lowest BCUT2D eigenvalue weighted by molar-refractivity contribution is 0.207. The molecule has 152 valence electrons. The van der Waals surface area contributed by atoms with Gasteiger partial charge in [-0.2, -0.15) is 10.4 Å². The molecule has 2 aromatic carbocycles. The third-order valence-electron chi connectivity index (χ3n) is 5.35. The second kappa shape index (κ2) is 7.27. The summed E-state index contributed by atoms with van der Waals surface area (Å²) in [5.41, 5.74) is 5.47. The van der Waals surface area contributed by atoms with Gasteiger partial charge >= 0.3 is 0 Å². The third kappa shape index (κ3) is 3.19. The molecule has 0 fully saturated rings. The van der Waals surface area contributed by atoms with Gasteiger partial charge in [-0.05, 0) is 61.0 Å². The van der Waals surface area contributed by atoms with E-state index in [1.54, 1.807) is 30.5 Å². The van der Waals surface area contributed by atoms with Crippen molar-refractivity contribution in [3.63, 3.8) is 0 Å². The molecule has 3 aromatic heterocycles. The van der Waals surface area contributed by atoms with Crippen molar-refractivity contribution in [1.29, 1.82) is 5.26 Å². The summed E-state index contributed by atoms with van der Waals surface area (Å²) in [6, 6.07) is 20.6. The Hall–Kier alpha value is -4.15. The Morgan fingerprint density at radius 3 is 2.61 bits per heavy atom. The van der Waals surface area contributed by atoms with Crippen LogP contribution in [-0.4, -0.2) is 24.4 Å². The van der Waals surface area contributed by atoms with Crippen LogP contribution in [0.5, 0.6) is 0 Å². The average Bonchev–Trinajstić information content (AvgIpc) is 3.52. The molecule has 0 aliphatic rings. The zero-order valence-corrected chi connectivity index (χ0v) is 17.0. The van der Waals surface area contributed by atoms with Crippen LogP contribution in [0, 0.1) is 18.3 Å². The molecule has 0 saturated carbocycles. The molecule has 0 saturated heterocycles. The fourth-order valence-corrected chi connectivity index (χ4v) is 3.77. The first-order valence-electron chi connectivity index (χ1n) is 9.80. The molecule has 0 bridgehead atoms. The Kier molecular flexibility index (Phi) is 4.42. The number of aryl methyl sites for hydroxylation is 2. The van der Waals surface area contributed by atoms with Crippen molar-refractivity contribution in [2.24, 2.45) is 7.05 Å². The van der Waals surface area contributed by atoms with E-state index in [9.17, 15) is 5.11 Å². The van der Waals surface area contributed by atoms with Gasteiger partial charge < -0.3 is 14.1 Å². The summed E-state index contributed by atoms with van der Waals surface area (Å²) >= 11 is 0. The molecule has 0 spiro atoms. The second-order valence-electron chi connectivity index (χ2n) is 7.40. The number of fused-ring (bicyclic) bond motifs is 1. The number of aliphatic hydroxyl groups excluding tert-OH is 1. The standard InChI is InChI=1S/C24H19N5O2/c1-15-12-21(22-4-3-11-31-22)29(27-15)18-9-10-20-19(13-18)26-24(28(20)2)23(30)17-7-5-16(14-25)6-8-17/h3-13,23,30H,1-2H3. The van der Waals surface area contributed by atoms with E-state index in [2.05, 4.69) is 11.2 Å². The van der Waals surface area contributed by atoms with E-state index in [4.69, 9.17) is 14.7 Å². The summed E-state index contributed by atoms with van der Waals surface area (Å²) in [6.45, 7) is 1.94. The van der Waals surface area contributed by atoms with E-state index >= 15 is 0 Å². The molecule has 0 aliphatic carbocycles. The maximum Gasteiger partial charge on any atom is 0.152 e. The van der Waals surface area contributed by atoms with Crippen LogP contribution in [-0.2, 0) is 7.05 Å². The van der Waals surface area contributed by atoms with E-state index in [1.807, 2.05) is 59.6 Å². The second-order valence-corrected chi connectivity index (χ2v) is 7.40. The van der Waals surface area contributed by atoms with Gasteiger partial charge in [0, 0.05) is 7.05 Å². The highest BCUT2D eigenvalue weighted by molar-refractivity contribution is 5.79. The molecule has 1 N–H and O–H groups in total. The van der Waals surface area contributed by atoms with Gasteiger partial charge in [0.2, 0.25) is 0 Å². The Labute approximate surface area is 178 Å². The third-order valence-corrected chi connectivity index (χ3v) is 5.35. The zero-order chi connectivity index (χ0) is 21.5. The molecule has 1 unspecified atom stereocenters. The zero-order valence-electron chi connectivity index (χ0n) is 17.0. The molecule has 7 nitrogen and oxygen atoms in total. The summed E-state index contributed by atoms with van der Waals surface area (Å²) in [7, 11) is 1.88. The highest BCUT2D eigenvalue weighted by atomic mass is 16.3. The Morgan fingerprint density at radius 1 is 1.10 bits per heavy atom. The molecule has 7 heteroatoms. The molecular weight excluding hydrogens is 390 g/mol. The van der Waals surface area contributed by atoms with Crippen LogP contribution in [0.1, 0.15) is 28.7 Å². The van der Waals surface area contributed by atoms with Gasteiger partial charge in [0.05, 0.1) is 40.3 Å². The van der Waals surface area contributed by atoms with Crippen LogP contribution in [0.25, 0.3) is 28.2 Å². The van der Waals surface area contributed by atoms with Crippen molar-refractivity contribution in [3.05, 3.63) is 89.6 Å². The highest BCUT2D eigenvalue weighted by Gasteiger charge is 2.19. The van der Waals surface area contributed by atoms with Crippen LogP contribution in [0.2, 0.25) is 0 Å². The van der Waals surface area contributed by atoms with E-state index in [1.165, 1.54) is 0 Å². The van der Waals surface area contributed by atoms with Gasteiger partial charge in [0.1, 0.15) is 17.6 Å². The predicted molar refractivity (Wildman–Crippen MR) is 115 cm³/mol. The molecule has 31 heavy (non-hydrogen) atoms. The SMILES string of the molecule is Cc1cc(-c2ccco2)n(-c2ccc3c(c2)nc(C(O)c2ccc(C#N)cc2)n3C)n1. The van der Waals surface area contributed by atoms with Crippen molar-refractivity contribution >= 4 is 11.0 Å². The van der Waals surface area contributed by atoms with Crippen LogP contribution in [0.4, 0.5) is 0 Å². The topological polar surface area (TPSA) is 92.8 Å². The highest BCUT2D eigenvalue weighted by Crippen LogP contribution is 2.29. The number of nitrogens with zero attached hydrogens (tertiary/aromatic N) is 5. The predicted octanol–water partition coefficient (Wildman–Crippen LogP) is 4.28. The number of nitriles is 1. The van der Waals surface area contributed by atoms with Crippen molar-refractivity contribution in [2.75, 3.05) is 0 Å². The van der Waals surface area contributed by atoms with E-state index in [0.29, 0.717) is 17.0 Å². The van der Waals surface area contributed by atoms with Gasteiger partial charge in [0.25, 0.3) is 0 Å². The Bertz CT molecular complexity index is 1420. The van der Waals surface area contributed by atoms with Gasteiger partial charge in [-0.15, -0.1) is 0 Å². The number of imidazole rings is 1. The summed E-state index contributed by atoms with van der Waals surface area (Å²) in [5.74, 6) is 1.26. The number of hydrogen-bond acceptors (Lipinski definition) is 5. The average molecular weight is 409 g/mol. The minimum atomic E-state index is -0.903. The van der Waals surface area contributed by atoms with Crippen LogP contribution >= 0.6 is 0 Å². The van der Waals surface area contributed by atoms with Crippen molar-refractivity contribution < 1.29 is 9.52 Å². The Balaban J connectivity index is 1.57. The summed E-state index contributed by atoms with van der Waals surface area (Å²) in [6.07, 6.45) is 0.736. The fraction of sp³-hybridized carbons (Fsp3) is 0.125. The first-order valence-corrected chi connectivity index (χ1v) is 9.80. The number of aliphatic hydroxyl groups is 1. The number of rotatable bonds is 4. The lowest BCUT2D eigenvalue weighted by Gasteiger charge is -2.11. The lowest BCUT2D eigenvalue weighted by atomic mass is 10.1. The lowest BCUT2D eigenvalue weighted by Crippen LogP contribution is -2.07. The maximum absolute atomic E-state index is 10.9.